The lowest BCUT2D eigenvalue weighted by Gasteiger charge is -2.14. The normalized spacial score (nSPS) is 14.2. The Bertz CT molecular complexity index is 210. The van der Waals surface area contributed by atoms with Crippen LogP contribution in [0.1, 0.15) is 52.9 Å². The summed E-state index contributed by atoms with van der Waals surface area (Å²) in [7, 11) is 0. The topological polar surface area (TPSA) is 61.4 Å². The van der Waals surface area contributed by atoms with Crippen molar-refractivity contribution in [1.82, 2.24) is 10.6 Å². The fraction of sp³-hybridized carbons (Fsp3) is 0.929. The Labute approximate surface area is 112 Å². The monoisotopic (exact) mass is 258 g/mol. The minimum Gasteiger partial charge on any atom is -0.396 e. The van der Waals surface area contributed by atoms with E-state index in [9.17, 15) is 4.79 Å². The highest BCUT2D eigenvalue weighted by molar-refractivity contribution is 5.81. The molecule has 0 aromatic heterocycles. The standard InChI is InChI=1S/C14H30N2O2/c1-4-5-6-9-16-14(18)13(3)15-10-7-8-12(2)11-17/h12-13,15,17H,4-11H2,1-3H3,(H,16,18). The van der Waals surface area contributed by atoms with E-state index in [2.05, 4.69) is 17.6 Å². The highest BCUT2D eigenvalue weighted by Gasteiger charge is 2.10. The van der Waals surface area contributed by atoms with Gasteiger partial charge in [-0.05, 0) is 38.6 Å². The Kier molecular flexibility index (Phi) is 11.1. The second kappa shape index (κ2) is 11.5. The van der Waals surface area contributed by atoms with Crippen molar-refractivity contribution in [2.75, 3.05) is 19.7 Å². The minimum atomic E-state index is -0.129. The van der Waals surface area contributed by atoms with E-state index < -0.39 is 0 Å². The minimum absolute atomic E-state index is 0.0845. The van der Waals surface area contributed by atoms with Crippen molar-refractivity contribution in [2.24, 2.45) is 5.92 Å². The van der Waals surface area contributed by atoms with Gasteiger partial charge in [0.25, 0.3) is 0 Å². The van der Waals surface area contributed by atoms with E-state index in [-0.39, 0.29) is 18.6 Å². The van der Waals surface area contributed by atoms with Gasteiger partial charge in [-0.15, -0.1) is 0 Å². The Morgan fingerprint density at radius 1 is 1.17 bits per heavy atom. The molecule has 3 N–H and O–H groups in total. The molecule has 4 nitrogen and oxygen atoms in total. The predicted molar refractivity (Wildman–Crippen MR) is 75.5 cm³/mol. The smallest absolute Gasteiger partial charge is 0.236 e. The molecule has 1 amide bonds. The first kappa shape index (κ1) is 17.4. The Morgan fingerprint density at radius 2 is 1.89 bits per heavy atom. The molecule has 0 aromatic rings. The van der Waals surface area contributed by atoms with Crippen LogP contribution in [0.5, 0.6) is 0 Å². The average Bonchev–Trinajstić information content (AvgIpc) is 2.38. The maximum atomic E-state index is 11.7. The van der Waals surface area contributed by atoms with Gasteiger partial charge < -0.3 is 15.7 Å². The molecule has 0 aliphatic carbocycles. The molecule has 0 spiro atoms. The molecule has 0 fully saturated rings. The summed E-state index contributed by atoms with van der Waals surface area (Å²) < 4.78 is 0. The first-order valence-electron chi connectivity index (χ1n) is 7.23. The second-order valence-electron chi connectivity index (χ2n) is 5.10. The van der Waals surface area contributed by atoms with E-state index in [0.29, 0.717) is 5.92 Å². The summed E-state index contributed by atoms with van der Waals surface area (Å²) in [5.74, 6) is 0.436. The number of carbonyl (C=O) groups is 1. The van der Waals surface area contributed by atoms with Crippen LogP contribution in [0.4, 0.5) is 0 Å². The lowest BCUT2D eigenvalue weighted by Crippen LogP contribution is -2.42. The van der Waals surface area contributed by atoms with Gasteiger partial charge in [-0.25, -0.2) is 0 Å². The van der Waals surface area contributed by atoms with Gasteiger partial charge in [-0.2, -0.15) is 0 Å². The number of rotatable bonds is 11. The van der Waals surface area contributed by atoms with Crippen LogP contribution in [0.15, 0.2) is 0 Å². The van der Waals surface area contributed by atoms with E-state index in [1.165, 1.54) is 12.8 Å². The highest BCUT2D eigenvalue weighted by atomic mass is 16.3. The summed E-state index contributed by atoms with van der Waals surface area (Å²) in [6.45, 7) is 7.93. The van der Waals surface area contributed by atoms with Crippen LogP contribution in [-0.2, 0) is 4.79 Å². The third-order valence-electron chi connectivity index (χ3n) is 3.11. The molecule has 2 unspecified atom stereocenters. The van der Waals surface area contributed by atoms with E-state index >= 15 is 0 Å². The lowest BCUT2D eigenvalue weighted by atomic mass is 10.1. The average molecular weight is 258 g/mol. The van der Waals surface area contributed by atoms with E-state index in [1.54, 1.807) is 0 Å². The molecule has 0 saturated heterocycles. The van der Waals surface area contributed by atoms with Crippen LogP contribution < -0.4 is 10.6 Å². The summed E-state index contributed by atoms with van der Waals surface area (Å²) in [5, 5.41) is 15.0. The van der Waals surface area contributed by atoms with Gasteiger partial charge >= 0.3 is 0 Å². The Hall–Kier alpha value is -0.610. The van der Waals surface area contributed by atoms with Crippen molar-refractivity contribution in [3.63, 3.8) is 0 Å². The molecule has 0 heterocycles. The molecular formula is C14H30N2O2. The number of aliphatic hydroxyl groups excluding tert-OH is 1. The second-order valence-corrected chi connectivity index (χ2v) is 5.10. The van der Waals surface area contributed by atoms with Gasteiger partial charge in [0, 0.05) is 13.2 Å². The van der Waals surface area contributed by atoms with Crippen LogP contribution in [0.3, 0.4) is 0 Å². The van der Waals surface area contributed by atoms with Gasteiger partial charge in [0.05, 0.1) is 6.04 Å². The highest BCUT2D eigenvalue weighted by Crippen LogP contribution is 2.02. The quantitative estimate of drug-likeness (QED) is 0.494. The van der Waals surface area contributed by atoms with E-state index in [4.69, 9.17) is 5.11 Å². The fourth-order valence-electron chi connectivity index (χ4n) is 1.69. The van der Waals surface area contributed by atoms with E-state index in [0.717, 1.165) is 32.4 Å². The lowest BCUT2D eigenvalue weighted by molar-refractivity contribution is -0.122. The van der Waals surface area contributed by atoms with Gasteiger partial charge in [0.15, 0.2) is 0 Å². The molecule has 0 bridgehead atoms. The predicted octanol–water partition coefficient (Wildman–Crippen LogP) is 1.68. The first-order chi connectivity index (χ1) is 8.61. The fourth-order valence-corrected chi connectivity index (χ4v) is 1.69. The van der Waals surface area contributed by atoms with Crippen LogP contribution in [0.25, 0.3) is 0 Å². The van der Waals surface area contributed by atoms with Crippen LogP contribution in [-0.4, -0.2) is 36.8 Å². The first-order valence-corrected chi connectivity index (χ1v) is 7.23. The molecule has 108 valence electrons. The molecule has 0 aliphatic rings. The number of hydrogen-bond acceptors (Lipinski definition) is 3. The maximum Gasteiger partial charge on any atom is 0.236 e. The molecular weight excluding hydrogens is 228 g/mol. The maximum absolute atomic E-state index is 11.7. The Morgan fingerprint density at radius 3 is 2.50 bits per heavy atom. The molecule has 0 rings (SSSR count). The van der Waals surface area contributed by atoms with Crippen molar-refractivity contribution in [3.8, 4) is 0 Å². The molecule has 0 aromatic carbocycles. The third kappa shape index (κ3) is 9.42. The van der Waals surface area contributed by atoms with Gasteiger partial charge in [-0.1, -0.05) is 26.7 Å². The number of amides is 1. The van der Waals surface area contributed by atoms with Crippen LogP contribution >= 0.6 is 0 Å². The summed E-state index contributed by atoms with van der Waals surface area (Å²) in [6, 6.07) is -0.129. The molecule has 4 heteroatoms. The zero-order valence-corrected chi connectivity index (χ0v) is 12.2. The number of unbranched alkanes of at least 4 members (excludes halogenated alkanes) is 2. The summed E-state index contributed by atoms with van der Waals surface area (Å²) in [5.41, 5.74) is 0. The number of hydrogen-bond donors (Lipinski definition) is 3. The largest absolute Gasteiger partial charge is 0.396 e. The Balaban J connectivity index is 3.49. The third-order valence-corrected chi connectivity index (χ3v) is 3.11. The summed E-state index contributed by atoms with van der Waals surface area (Å²) in [6.07, 6.45) is 5.39. The number of carbonyl (C=O) groups excluding carboxylic acids is 1. The molecule has 0 saturated carbocycles. The van der Waals surface area contributed by atoms with Crippen molar-refractivity contribution in [1.29, 1.82) is 0 Å². The van der Waals surface area contributed by atoms with E-state index in [1.807, 2.05) is 13.8 Å². The van der Waals surface area contributed by atoms with Crippen molar-refractivity contribution < 1.29 is 9.90 Å². The number of aliphatic hydroxyl groups is 1. The SMILES string of the molecule is CCCCCNC(=O)C(C)NCCCC(C)CO. The van der Waals surface area contributed by atoms with Crippen molar-refractivity contribution in [2.45, 2.75) is 58.9 Å². The molecule has 0 aliphatic heterocycles. The number of nitrogens with one attached hydrogen (secondary N) is 2. The molecule has 2 atom stereocenters. The van der Waals surface area contributed by atoms with Crippen LogP contribution in [0.2, 0.25) is 0 Å². The van der Waals surface area contributed by atoms with Gasteiger partial charge in [0.1, 0.15) is 0 Å². The van der Waals surface area contributed by atoms with Crippen LogP contribution in [0, 0.1) is 5.92 Å². The zero-order valence-electron chi connectivity index (χ0n) is 12.2. The molecule has 0 radical (unpaired) electrons. The summed E-state index contributed by atoms with van der Waals surface area (Å²) in [4.78, 5) is 11.7. The van der Waals surface area contributed by atoms with Crippen molar-refractivity contribution in [3.05, 3.63) is 0 Å². The van der Waals surface area contributed by atoms with Gasteiger partial charge in [-0.3, -0.25) is 4.79 Å². The van der Waals surface area contributed by atoms with Crippen molar-refractivity contribution >= 4 is 5.91 Å². The summed E-state index contributed by atoms with van der Waals surface area (Å²) >= 11 is 0. The van der Waals surface area contributed by atoms with Gasteiger partial charge in [0.2, 0.25) is 5.91 Å². The zero-order chi connectivity index (χ0) is 13.8. The molecule has 18 heavy (non-hydrogen) atoms.